The molecule has 1 aromatic heterocycles. The lowest BCUT2D eigenvalue weighted by Gasteiger charge is -2.15. The maximum Gasteiger partial charge on any atom is 0.407 e. The van der Waals surface area contributed by atoms with E-state index in [2.05, 4.69) is 29.9 Å². The Kier molecular flexibility index (Phi) is 5.49. The first-order chi connectivity index (χ1) is 8.78. The molecule has 0 unspecified atom stereocenters. The van der Waals surface area contributed by atoms with Gasteiger partial charge in [-0.25, -0.2) is 14.6 Å². The van der Waals surface area contributed by atoms with Crippen LogP contribution in [-0.2, 0) is 11.3 Å². The highest BCUT2D eigenvalue weighted by Crippen LogP contribution is 2.10. The van der Waals surface area contributed by atoms with Crippen molar-refractivity contribution in [3.05, 3.63) is 16.1 Å². The monoisotopic (exact) mass is 302 g/mol. The van der Waals surface area contributed by atoms with Gasteiger partial charge in [0.2, 0.25) is 0 Å². The van der Waals surface area contributed by atoms with E-state index in [-0.39, 0.29) is 12.2 Å². The van der Waals surface area contributed by atoms with Crippen molar-refractivity contribution < 1.29 is 19.4 Å². The second kappa shape index (κ2) is 6.67. The van der Waals surface area contributed by atoms with Crippen molar-refractivity contribution in [3.8, 4) is 0 Å². The van der Waals surface area contributed by atoms with Crippen molar-refractivity contribution in [1.82, 2.24) is 10.3 Å². The van der Waals surface area contributed by atoms with Crippen LogP contribution in [0.25, 0.3) is 0 Å². The Balaban J connectivity index is 2.28. The van der Waals surface area contributed by atoms with E-state index in [1.165, 1.54) is 16.7 Å². The molecule has 1 amide bonds. The molecule has 1 heterocycles. The normalized spacial score (nSPS) is 11.1. The standard InChI is InChI=1S/C11H18N2O4SSi/c1-19(2,3)5-4-17-11(16)12-6-9-13-8(7-18-9)10(14)15/h7H,4-6H2,1-3H3,(H,12,16)(H,14,15). The molecule has 0 atom stereocenters. The first-order valence-corrected chi connectivity index (χ1v) is 10.4. The Labute approximate surface area is 116 Å². The third-order valence-electron chi connectivity index (χ3n) is 2.24. The summed E-state index contributed by atoms with van der Waals surface area (Å²) in [4.78, 5) is 25.9. The number of alkyl carbamates (subject to hydrolysis) is 1. The second-order valence-corrected chi connectivity index (χ2v) is 11.8. The van der Waals surface area contributed by atoms with Gasteiger partial charge in [-0.1, -0.05) is 19.6 Å². The number of hydrogen-bond acceptors (Lipinski definition) is 5. The molecule has 0 aromatic carbocycles. The van der Waals surface area contributed by atoms with Gasteiger partial charge in [-0.05, 0) is 6.04 Å². The molecule has 0 aliphatic heterocycles. The van der Waals surface area contributed by atoms with Crippen LogP contribution in [0.1, 0.15) is 15.5 Å². The number of amides is 1. The zero-order valence-electron chi connectivity index (χ0n) is 11.2. The Morgan fingerprint density at radius 2 is 2.16 bits per heavy atom. The number of ether oxygens (including phenoxy) is 1. The molecule has 0 saturated carbocycles. The fraction of sp³-hybridized carbons (Fsp3) is 0.545. The summed E-state index contributed by atoms with van der Waals surface area (Å²) in [6.45, 7) is 7.22. The fourth-order valence-electron chi connectivity index (χ4n) is 1.14. The molecule has 1 aromatic rings. The smallest absolute Gasteiger partial charge is 0.407 e. The predicted octanol–water partition coefficient (Wildman–Crippen LogP) is 2.41. The molecule has 0 saturated heterocycles. The van der Waals surface area contributed by atoms with Gasteiger partial charge in [0.15, 0.2) is 5.69 Å². The summed E-state index contributed by atoms with van der Waals surface area (Å²) < 4.78 is 5.04. The van der Waals surface area contributed by atoms with Crippen molar-refractivity contribution in [2.24, 2.45) is 0 Å². The molecule has 1 rings (SSSR count). The quantitative estimate of drug-likeness (QED) is 0.788. The minimum absolute atomic E-state index is 0.00565. The zero-order chi connectivity index (χ0) is 14.5. The first kappa shape index (κ1) is 15.6. The SMILES string of the molecule is C[Si](C)(C)CCOC(=O)NCc1nc(C(=O)O)cs1. The summed E-state index contributed by atoms with van der Waals surface area (Å²) in [5, 5.41) is 13.2. The molecule has 0 radical (unpaired) electrons. The molecule has 19 heavy (non-hydrogen) atoms. The van der Waals surface area contributed by atoms with E-state index in [1.807, 2.05) is 0 Å². The minimum Gasteiger partial charge on any atom is -0.476 e. The first-order valence-electron chi connectivity index (χ1n) is 5.86. The average molecular weight is 302 g/mol. The molecule has 0 aliphatic rings. The van der Waals surface area contributed by atoms with Crippen LogP contribution in [0.2, 0.25) is 25.7 Å². The molecule has 0 fully saturated rings. The van der Waals surface area contributed by atoms with E-state index >= 15 is 0 Å². The lowest BCUT2D eigenvalue weighted by atomic mass is 10.5. The number of carboxylic acid groups (broad SMARTS) is 1. The fourth-order valence-corrected chi connectivity index (χ4v) is 2.56. The summed E-state index contributed by atoms with van der Waals surface area (Å²) in [5.74, 6) is -1.07. The Hall–Kier alpha value is -1.41. The van der Waals surface area contributed by atoms with Gasteiger partial charge in [0.05, 0.1) is 13.2 Å². The summed E-state index contributed by atoms with van der Waals surface area (Å²) in [7, 11) is -1.20. The molecule has 0 bridgehead atoms. The van der Waals surface area contributed by atoms with Crippen molar-refractivity contribution in [3.63, 3.8) is 0 Å². The molecular formula is C11H18N2O4SSi. The number of rotatable bonds is 6. The number of carbonyl (C=O) groups is 2. The van der Waals surface area contributed by atoms with Gasteiger partial charge in [-0.15, -0.1) is 11.3 Å². The number of carboxylic acids is 1. The highest BCUT2D eigenvalue weighted by molar-refractivity contribution is 7.09. The topological polar surface area (TPSA) is 88.5 Å². The van der Waals surface area contributed by atoms with Crippen LogP contribution in [0.4, 0.5) is 4.79 Å². The minimum atomic E-state index is -1.20. The van der Waals surface area contributed by atoms with Crippen LogP contribution < -0.4 is 5.32 Å². The van der Waals surface area contributed by atoms with Crippen molar-refractivity contribution in [2.75, 3.05) is 6.61 Å². The van der Waals surface area contributed by atoms with Crippen LogP contribution in [0.3, 0.4) is 0 Å². The number of hydrogen-bond donors (Lipinski definition) is 2. The van der Waals surface area contributed by atoms with Gasteiger partial charge < -0.3 is 15.2 Å². The highest BCUT2D eigenvalue weighted by atomic mass is 32.1. The van der Waals surface area contributed by atoms with Crippen molar-refractivity contribution in [1.29, 1.82) is 0 Å². The maximum atomic E-state index is 11.4. The van der Waals surface area contributed by atoms with E-state index < -0.39 is 20.1 Å². The zero-order valence-corrected chi connectivity index (χ0v) is 13.0. The van der Waals surface area contributed by atoms with E-state index in [0.717, 1.165) is 6.04 Å². The van der Waals surface area contributed by atoms with Gasteiger partial charge in [0.25, 0.3) is 0 Å². The van der Waals surface area contributed by atoms with E-state index in [1.54, 1.807) is 0 Å². The lowest BCUT2D eigenvalue weighted by molar-refractivity contribution is 0.0691. The molecular weight excluding hydrogens is 284 g/mol. The van der Waals surface area contributed by atoms with E-state index in [0.29, 0.717) is 11.6 Å². The van der Waals surface area contributed by atoms with Gasteiger partial charge in [0.1, 0.15) is 5.01 Å². The molecule has 2 N–H and O–H groups in total. The number of carbonyl (C=O) groups excluding carboxylic acids is 1. The second-order valence-electron chi connectivity index (χ2n) is 5.23. The molecule has 106 valence electrons. The Morgan fingerprint density at radius 3 is 2.68 bits per heavy atom. The number of nitrogens with zero attached hydrogens (tertiary/aromatic N) is 1. The van der Waals surface area contributed by atoms with E-state index in [4.69, 9.17) is 9.84 Å². The number of nitrogens with one attached hydrogen (secondary N) is 1. The van der Waals surface area contributed by atoms with Gasteiger partial charge >= 0.3 is 12.1 Å². The van der Waals surface area contributed by atoms with Gasteiger partial charge in [-0.2, -0.15) is 0 Å². The van der Waals surface area contributed by atoms with Gasteiger partial charge in [-0.3, -0.25) is 0 Å². The van der Waals surface area contributed by atoms with Gasteiger partial charge in [0, 0.05) is 13.5 Å². The Bertz CT molecular complexity index is 456. The van der Waals surface area contributed by atoms with E-state index in [9.17, 15) is 9.59 Å². The molecule has 6 nitrogen and oxygen atoms in total. The third kappa shape index (κ3) is 6.34. The highest BCUT2D eigenvalue weighted by Gasteiger charge is 2.14. The lowest BCUT2D eigenvalue weighted by Crippen LogP contribution is -2.27. The summed E-state index contributed by atoms with van der Waals surface area (Å²) in [5.41, 5.74) is -0.00565. The average Bonchev–Trinajstić information content (AvgIpc) is 2.73. The van der Waals surface area contributed by atoms with Crippen LogP contribution in [0.5, 0.6) is 0 Å². The number of aromatic nitrogens is 1. The number of aromatic carboxylic acids is 1. The van der Waals surface area contributed by atoms with Crippen LogP contribution in [0, 0.1) is 0 Å². The molecule has 0 aliphatic carbocycles. The maximum absolute atomic E-state index is 11.4. The molecule has 0 spiro atoms. The third-order valence-corrected chi connectivity index (χ3v) is 4.79. The van der Waals surface area contributed by atoms with Crippen LogP contribution in [-0.4, -0.2) is 36.8 Å². The number of thiazole rings is 1. The largest absolute Gasteiger partial charge is 0.476 e. The molecule has 8 heteroatoms. The van der Waals surface area contributed by atoms with Crippen LogP contribution >= 0.6 is 11.3 Å². The van der Waals surface area contributed by atoms with Crippen molar-refractivity contribution >= 4 is 31.5 Å². The summed E-state index contributed by atoms with van der Waals surface area (Å²) >= 11 is 1.19. The predicted molar refractivity (Wildman–Crippen MR) is 75.4 cm³/mol. The summed E-state index contributed by atoms with van der Waals surface area (Å²) in [6.07, 6.45) is -0.495. The van der Waals surface area contributed by atoms with Crippen LogP contribution in [0.15, 0.2) is 5.38 Å². The summed E-state index contributed by atoms with van der Waals surface area (Å²) in [6, 6.07) is 0.917. The Morgan fingerprint density at radius 1 is 1.47 bits per heavy atom. The van der Waals surface area contributed by atoms with Crippen molar-refractivity contribution in [2.45, 2.75) is 32.2 Å².